The molecule has 0 fully saturated rings. The topological polar surface area (TPSA) is 43.4 Å². The van der Waals surface area contributed by atoms with Gasteiger partial charge in [0.15, 0.2) is 0 Å². The van der Waals surface area contributed by atoms with Crippen LogP contribution in [-0.2, 0) is 13.2 Å². The van der Waals surface area contributed by atoms with E-state index in [0.29, 0.717) is 13.2 Å². The van der Waals surface area contributed by atoms with Crippen molar-refractivity contribution in [1.82, 2.24) is 4.37 Å². The first-order chi connectivity index (χ1) is 13.3. The fourth-order valence-corrected chi connectivity index (χ4v) is 3.54. The van der Waals surface area contributed by atoms with Crippen molar-refractivity contribution in [1.29, 1.82) is 0 Å². The van der Waals surface area contributed by atoms with Crippen molar-refractivity contribution >= 4 is 27.4 Å². The lowest BCUT2D eigenvalue weighted by atomic mass is 10.2. The van der Waals surface area contributed by atoms with Crippen LogP contribution in [0.1, 0.15) is 11.1 Å². The van der Waals surface area contributed by atoms with Crippen LogP contribution in [0.4, 0.5) is 5.82 Å². The number of aromatic nitrogens is 1. The van der Waals surface area contributed by atoms with Gasteiger partial charge in [0.25, 0.3) is 0 Å². The van der Waals surface area contributed by atoms with Crippen molar-refractivity contribution in [2.45, 2.75) is 13.2 Å². The summed E-state index contributed by atoms with van der Waals surface area (Å²) in [4.78, 5) is 0. The van der Waals surface area contributed by atoms with E-state index in [4.69, 9.17) is 9.47 Å². The van der Waals surface area contributed by atoms with E-state index in [0.717, 1.165) is 33.0 Å². The fourth-order valence-electron chi connectivity index (χ4n) is 2.80. The average Bonchev–Trinajstić information content (AvgIpc) is 3.14. The third-order valence-electron chi connectivity index (χ3n) is 4.31. The van der Waals surface area contributed by atoms with Crippen molar-refractivity contribution in [2.75, 3.05) is 12.4 Å². The molecule has 4 nitrogen and oxygen atoms in total. The second-order valence-corrected chi connectivity index (χ2v) is 6.97. The maximum atomic E-state index is 5.84. The highest BCUT2D eigenvalue weighted by Gasteiger charge is 2.07. The Kier molecular flexibility index (Phi) is 5.21. The van der Waals surface area contributed by atoms with Crippen LogP contribution in [0, 0.1) is 0 Å². The molecule has 4 rings (SSSR count). The van der Waals surface area contributed by atoms with Gasteiger partial charge in [-0.15, -0.1) is 0 Å². The number of nitrogens with zero attached hydrogens (tertiary/aromatic N) is 1. The van der Waals surface area contributed by atoms with E-state index in [1.165, 1.54) is 17.1 Å². The number of benzene rings is 3. The van der Waals surface area contributed by atoms with Crippen LogP contribution in [-0.4, -0.2) is 11.5 Å². The second kappa shape index (κ2) is 8.10. The molecule has 0 saturated carbocycles. The summed E-state index contributed by atoms with van der Waals surface area (Å²) < 4.78 is 16.8. The van der Waals surface area contributed by atoms with Crippen molar-refractivity contribution in [2.24, 2.45) is 0 Å². The summed E-state index contributed by atoms with van der Waals surface area (Å²) >= 11 is 1.49. The van der Waals surface area contributed by atoms with Gasteiger partial charge in [0.2, 0.25) is 0 Å². The Morgan fingerprint density at radius 1 is 0.889 bits per heavy atom. The molecule has 0 atom stereocenters. The van der Waals surface area contributed by atoms with Gasteiger partial charge in [-0.3, -0.25) is 0 Å². The van der Waals surface area contributed by atoms with Crippen LogP contribution >= 0.6 is 11.5 Å². The number of rotatable bonds is 7. The number of hydrogen-bond acceptors (Lipinski definition) is 5. The van der Waals surface area contributed by atoms with Gasteiger partial charge in [-0.05, 0) is 53.0 Å². The maximum absolute atomic E-state index is 5.84. The summed E-state index contributed by atoms with van der Waals surface area (Å²) in [6.45, 7) is 1.28. The number of fused-ring (bicyclic) bond motifs is 1. The molecule has 0 aliphatic carbocycles. The molecule has 1 N–H and O–H groups in total. The molecule has 3 aromatic carbocycles. The summed E-state index contributed by atoms with van der Waals surface area (Å²) in [6.07, 6.45) is 0. The summed E-state index contributed by atoms with van der Waals surface area (Å²) in [5.74, 6) is 2.59. The zero-order valence-corrected chi connectivity index (χ0v) is 15.8. The molecule has 136 valence electrons. The van der Waals surface area contributed by atoms with Gasteiger partial charge in [0.1, 0.15) is 23.9 Å². The van der Waals surface area contributed by atoms with Crippen molar-refractivity contribution in [3.05, 3.63) is 83.9 Å². The van der Waals surface area contributed by atoms with E-state index in [1.807, 2.05) is 48.5 Å². The molecule has 4 aromatic rings. The fraction of sp³-hybridized carbons (Fsp3) is 0.136. The van der Waals surface area contributed by atoms with Crippen LogP contribution in [0.25, 0.3) is 10.1 Å². The minimum Gasteiger partial charge on any atom is -0.497 e. The number of hydrogen-bond donors (Lipinski definition) is 1. The van der Waals surface area contributed by atoms with Crippen LogP contribution in [0.3, 0.4) is 0 Å². The molecule has 0 bridgehead atoms. The van der Waals surface area contributed by atoms with Crippen molar-refractivity contribution < 1.29 is 9.47 Å². The third-order valence-corrected chi connectivity index (χ3v) is 5.14. The molecule has 5 heteroatoms. The first-order valence-electron chi connectivity index (χ1n) is 8.75. The van der Waals surface area contributed by atoms with Crippen LogP contribution in [0.15, 0.2) is 72.8 Å². The van der Waals surface area contributed by atoms with E-state index in [9.17, 15) is 0 Å². The first kappa shape index (κ1) is 17.4. The Morgan fingerprint density at radius 2 is 1.67 bits per heavy atom. The van der Waals surface area contributed by atoms with E-state index < -0.39 is 0 Å². The highest BCUT2D eigenvalue weighted by Crippen LogP contribution is 2.30. The van der Waals surface area contributed by atoms with Gasteiger partial charge in [-0.2, -0.15) is 4.37 Å². The van der Waals surface area contributed by atoms with Crippen LogP contribution in [0.2, 0.25) is 0 Å². The monoisotopic (exact) mass is 376 g/mol. The Labute approximate surface area is 162 Å². The van der Waals surface area contributed by atoms with Crippen molar-refractivity contribution in [3.8, 4) is 11.5 Å². The van der Waals surface area contributed by atoms with Gasteiger partial charge in [0, 0.05) is 11.9 Å². The molecule has 0 amide bonds. The maximum Gasteiger partial charge on any atom is 0.147 e. The standard InChI is InChI=1S/C22H20N2O2S/c1-25-19-11-12-21-20(13-19)22(24-27-21)23-14-16-7-9-18(10-8-16)26-15-17-5-3-2-4-6-17/h2-13H,14-15H2,1H3,(H,23,24). The zero-order chi connectivity index (χ0) is 18.5. The molecule has 0 aliphatic rings. The summed E-state index contributed by atoms with van der Waals surface area (Å²) in [7, 11) is 1.68. The number of methoxy groups -OCH3 is 1. The molecule has 0 aliphatic heterocycles. The molecule has 0 radical (unpaired) electrons. The second-order valence-electron chi connectivity index (χ2n) is 6.17. The van der Waals surface area contributed by atoms with Crippen LogP contribution < -0.4 is 14.8 Å². The Morgan fingerprint density at radius 3 is 2.44 bits per heavy atom. The molecular formula is C22H20N2O2S. The zero-order valence-electron chi connectivity index (χ0n) is 15.0. The summed E-state index contributed by atoms with van der Waals surface area (Å²) in [5, 5.41) is 4.50. The molecule has 0 unspecified atom stereocenters. The lowest BCUT2D eigenvalue weighted by molar-refractivity contribution is 0.306. The van der Waals surface area contributed by atoms with Crippen LogP contribution in [0.5, 0.6) is 11.5 Å². The van der Waals surface area contributed by atoms with Gasteiger partial charge in [0.05, 0.1) is 11.8 Å². The van der Waals surface area contributed by atoms with Gasteiger partial charge in [-0.1, -0.05) is 42.5 Å². The quantitative estimate of drug-likeness (QED) is 0.463. The van der Waals surface area contributed by atoms with Gasteiger partial charge < -0.3 is 14.8 Å². The lowest BCUT2D eigenvalue weighted by Crippen LogP contribution is -2.00. The molecule has 0 saturated heterocycles. The highest BCUT2D eigenvalue weighted by molar-refractivity contribution is 7.13. The smallest absolute Gasteiger partial charge is 0.147 e. The minimum absolute atomic E-state index is 0.574. The number of nitrogens with one attached hydrogen (secondary N) is 1. The summed E-state index contributed by atoms with van der Waals surface area (Å²) in [6, 6.07) is 24.3. The molecule has 27 heavy (non-hydrogen) atoms. The normalized spacial score (nSPS) is 10.7. The SMILES string of the molecule is COc1ccc2snc(NCc3ccc(OCc4ccccc4)cc3)c2c1. The molecule has 0 spiro atoms. The van der Waals surface area contributed by atoms with E-state index in [2.05, 4.69) is 34.0 Å². The highest BCUT2D eigenvalue weighted by atomic mass is 32.1. The minimum atomic E-state index is 0.574. The third kappa shape index (κ3) is 4.20. The lowest BCUT2D eigenvalue weighted by Gasteiger charge is -2.08. The largest absolute Gasteiger partial charge is 0.497 e. The molecular weight excluding hydrogens is 356 g/mol. The Hall–Kier alpha value is -3.05. The predicted molar refractivity (Wildman–Crippen MR) is 111 cm³/mol. The molecule has 1 aromatic heterocycles. The Balaban J connectivity index is 1.37. The molecule has 1 heterocycles. The van der Waals surface area contributed by atoms with Gasteiger partial charge in [-0.25, -0.2) is 0 Å². The summed E-state index contributed by atoms with van der Waals surface area (Å²) in [5.41, 5.74) is 2.33. The Bertz CT molecular complexity index is 1010. The number of ether oxygens (including phenoxy) is 2. The predicted octanol–water partition coefficient (Wildman–Crippen LogP) is 5.50. The average molecular weight is 376 g/mol. The van der Waals surface area contributed by atoms with E-state index in [1.54, 1.807) is 7.11 Å². The number of anilines is 1. The van der Waals surface area contributed by atoms with Gasteiger partial charge >= 0.3 is 0 Å². The van der Waals surface area contributed by atoms with E-state index in [-0.39, 0.29) is 0 Å². The van der Waals surface area contributed by atoms with E-state index >= 15 is 0 Å². The van der Waals surface area contributed by atoms with Crippen molar-refractivity contribution in [3.63, 3.8) is 0 Å². The first-order valence-corrected chi connectivity index (χ1v) is 9.52.